The fourth-order valence-corrected chi connectivity index (χ4v) is 4.57. The summed E-state index contributed by atoms with van der Waals surface area (Å²) < 4.78 is 1.09. The van der Waals surface area contributed by atoms with Gasteiger partial charge in [-0.1, -0.05) is 28.4 Å². The van der Waals surface area contributed by atoms with E-state index in [1.165, 1.54) is 31.2 Å². The molecule has 2 aliphatic rings. The molecule has 0 spiro atoms. The molecule has 0 aliphatic heterocycles. The van der Waals surface area contributed by atoms with Crippen LogP contribution in [0.4, 0.5) is 0 Å². The van der Waals surface area contributed by atoms with E-state index >= 15 is 0 Å². The predicted octanol–water partition coefficient (Wildman–Crippen LogP) is 4.62. The minimum Gasteiger partial charge on any atom is -0.388 e. The lowest BCUT2D eigenvalue weighted by Crippen LogP contribution is -2.14. The van der Waals surface area contributed by atoms with E-state index < -0.39 is 0 Å². The second-order valence-corrected chi connectivity index (χ2v) is 7.10. The van der Waals surface area contributed by atoms with Crippen LogP contribution in [-0.4, -0.2) is 5.11 Å². The number of benzene rings is 1. The number of aliphatic hydroxyl groups is 1. The average molecular weight is 309 g/mol. The Hall–Kier alpha value is -0.340. The van der Waals surface area contributed by atoms with Crippen LogP contribution in [0.25, 0.3) is 0 Å². The van der Waals surface area contributed by atoms with Crippen molar-refractivity contribution in [1.29, 1.82) is 0 Å². The summed E-state index contributed by atoms with van der Waals surface area (Å²) in [4.78, 5) is 0. The van der Waals surface area contributed by atoms with Crippen LogP contribution >= 0.6 is 15.9 Å². The number of rotatable bonds is 3. The molecule has 0 saturated heterocycles. The van der Waals surface area contributed by atoms with Gasteiger partial charge >= 0.3 is 0 Å². The van der Waals surface area contributed by atoms with Gasteiger partial charge < -0.3 is 5.11 Å². The van der Waals surface area contributed by atoms with E-state index in [-0.39, 0.29) is 6.10 Å². The smallest absolute Gasteiger partial charge is 0.0795 e. The lowest BCUT2D eigenvalue weighted by molar-refractivity contribution is 0.125. The summed E-state index contributed by atoms with van der Waals surface area (Å²) in [6.45, 7) is 2.09. The summed E-state index contributed by atoms with van der Waals surface area (Å²) in [6.07, 6.45) is 6.32. The minimum absolute atomic E-state index is 0.276. The van der Waals surface area contributed by atoms with Gasteiger partial charge in [-0.05, 0) is 73.6 Å². The first-order valence-corrected chi connectivity index (χ1v) is 7.87. The highest BCUT2D eigenvalue weighted by molar-refractivity contribution is 9.10. The summed E-state index contributed by atoms with van der Waals surface area (Å²) in [7, 11) is 0. The molecule has 3 rings (SSSR count). The molecule has 1 aromatic rings. The van der Waals surface area contributed by atoms with Gasteiger partial charge in [0.05, 0.1) is 6.10 Å². The molecule has 2 saturated carbocycles. The number of aliphatic hydroxyl groups excluding tert-OH is 1. The first-order valence-electron chi connectivity index (χ1n) is 7.07. The minimum atomic E-state index is -0.276. The van der Waals surface area contributed by atoms with E-state index in [1.807, 2.05) is 6.07 Å². The maximum Gasteiger partial charge on any atom is 0.0795 e. The maximum absolute atomic E-state index is 10.5. The third-order valence-electron chi connectivity index (χ3n) is 5.00. The number of fused-ring (bicyclic) bond motifs is 2. The molecule has 2 aliphatic carbocycles. The lowest BCUT2D eigenvalue weighted by atomic mass is 9.83. The Morgan fingerprint density at radius 1 is 1.33 bits per heavy atom. The molecule has 98 valence electrons. The van der Waals surface area contributed by atoms with Gasteiger partial charge in [0.25, 0.3) is 0 Å². The molecule has 0 radical (unpaired) electrons. The molecule has 2 bridgehead atoms. The monoisotopic (exact) mass is 308 g/mol. The number of hydrogen-bond donors (Lipinski definition) is 1. The van der Waals surface area contributed by atoms with Crippen molar-refractivity contribution in [2.45, 2.75) is 45.1 Å². The standard InChI is InChI=1S/C16H21BrO/c1-10-6-14(17)4-5-15(10)16(18)9-13-8-11-2-3-12(13)7-11/h4-6,11-13,16,18H,2-3,7-9H2,1H3. The molecule has 18 heavy (non-hydrogen) atoms. The van der Waals surface area contributed by atoms with Gasteiger partial charge in [0.2, 0.25) is 0 Å². The third kappa shape index (κ3) is 2.37. The van der Waals surface area contributed by atoms with Crippen LogP contribution in [0.5, 0.6) is 0 Å². The van der Waals surface area contributed by atoms with Crippen molar-refractivity contribution in [3.05, 3.63) is 33.8 Å². The largest absolute Gasteiger partial charge is 0.388 e. The molecule has 1 N–H and O–H groups in total. The van der Waals surface area contributed by atoms with E-state index in [1.54, 1.807) is 0 Å². The van der Waals surface area contributed by atoms with Gasteiger partial charge in [-0.15, -0.1) is 0 Å². The highest BCUT2D eigenvalue weighted by Crippen LogP contribution is 2.51. The first kappa shape index (κ1) is 12.7. The Balaban J connectivity index is 1.69. The Morgan fingerprint density at radius 2 is 2.17 bits per heavy atom. The number of halogens is 1. The maximum atomic E-state index is 10.5. The molecular weight excluding hydrogens is 288 g/mol. The summed E-state index contributed by atoms with van der Waals surface area (Å²) in [5.41, 5.74) is 2.31. The van der Waals surface area contributed by atoms with Crippen LogP contribution in [0.15, 0.2) is 22.7 Å². The highest BCUT2D eigenvalue weighted by atomic mass is 79.9. The molecular formula is C16H21BrO. The van der Waals surface area contributed by atoms with Crippen LogP contribution < -0.4 is 0 Å². The van der Waals surface area contributed by atoms with Crippen LogP contribution in [0.2, 0.25) is 0 Å². The van der Waals surface area contributed by atoms with E-state index in [0.29, 0.717) is 0 Å². The van der Waals surface area contributed by atoms with Crippen molar-refractivity contribution in [2.75, 3.05) is 0 Å². The fourth-order valence-electron chi connectivity index (χ4n) is 4.09. The van der Waals surface area contributed by atoms with Crippen LogP contribution in [0.1, 0.15) is 49.3 Å². The molecule has 2 heteroatoms. The van der Waals surface area contributed by atoms with E-state index in [9.17, 15) is 5.11 Å². The van der Waals surface area contributed by atoms with Gasteiger partial charge in [0.1, 0.15) is 0 Å². The van der Waals surface area contributed by atoms with E-state index in [2.05, 4.69) is 35.0 Å². The van der Waals surface area contributed by atoms with Crippen molar-refractivity contribution in [3.63, 3.8) is 0 Å². The molecule has 0 aromatic heterocycles. The second kappa shape index (κ2) is 4.97. The fraction of sp³-hybridized carbons (Fsp3) is 0.625. The van der Waals surface area contributed by atoms with Crippen molar-refractivity contribution in [1.82, 2.24) is 0 Å². The van der Waals surface area contributed by atoms with Gasteiger partial charge in [-0.3, -0.25) is 0 Å². The van der Waals surface area contributed by atoms with Crippen LogP contribution in [-0.2, 0) is 0 Å². The molecule has 0 amide bonds. The predicted molar refractivity (Wildman–Crippen MR) is 77.4 cm³/mol. The summed E-state index contributed by atoms with van der Waals surface area (Å²) >= 11 is 3.48. The van der Waals surface area contributed by atoms with Gasteiger partial charge in [-0.2, -0.15) is 0 Å². The molecule has 1 nitrogen and oxygen atoms in total. The summed E-state index contributed by atoms with van der Waals surface area (Å²) in [5.74, 6) is 2.64. The zero-order valence-corrected chi connectivity index (χ0v) is 12.5. The molecule has 1 aromatic carbocycles. The van der Waals surface area contributed by atoms with Crippen molar-refractivity contribution >= 4 is 15.9 Å². The molecule has 2 fully saturated rings. The topological polar surface area (TPSA) is 20.2 Å². The summed E-state index contributed by atoms with van der Waals surface area (Å²) in [5, 5.41) is 10.5. The van der Waals surface area contributed by atoms with Gasteiger partial charge in [0.15, 0.2) is 0 Å². The van der Waals surface area contributed by atoms with E-state index in [0.717, 1.165) is 34.2 Å². The number of aryl methyl sites for hydroxylation is 1. The second-order valence-electron chi connectivity index (χ2n) is 6.19. The molecule has 0 heterocycles. The first-order chi connectivity index (χ1) is 8.63. The van der Waals surface area contributed by atoms with Gasteiger partial charge in [0, 0.05) is 4.47 Å². The Morgan fingerprint density at radius 3 is 2.78 bits per heavy atom. The SMILES string of the molecule is Cc1cc(Br)ccc1C(O)CC1CC2CCC1C2. The van der Waals surface area contributed by atoms with Gasteiger partial charge in [-0.25, -0.2) is 0 Å². The average Bonchev–Trinajstić information content (AvgIpc) is 2.90. The highest BCUT2D eigenvalue weighted by Gasteiger charge is 2.40. The number of hydrogen-bond acceptors (Lipinski definition) is 1. The Labute approximate surface area is 118 Å². The summed E-state index contributed by atoms with van der Waals surface area (Å²) in [6, 6.07) is 6.20. The Kier molecular flexibility index (Phi) is 3.50. The molecule has 4 unspecified atom stereocenters. The van der Waals surface area contributed by atoms with Crippen LogP contribution in [0, 0.1) is 24.7 Å². The van der Waals surface area contributed by atoms with Crippen LogP contribution in [0.3, 0.4) is 0 Å². The quantitative estimate of drug-likeness (QED) is 0.864. The zero-order valence-electron chi connectivity index (χ0n) is 10.9. The van der Waals surface area contributed by atoms with Crippen molar-refractivity contribution < 1.29 is 5.11 Å². The van der Waals surface area contributed by atoms with Crippen molar-refractivity contribution in [3.8, 4) is 0 Å². The normalized spacial score (nSPS) is 31.8. The van der Waals surface area contributed by atoms with E-state index in [4.69, 9.17) is 0 Å². The third-order valence-corrected chi connectivity index (χ3v) is 5.49. The van der Waals surface area contributed by atoms with Crippen molar-refractivity contribution in [2.24, 2.45) is 17.8 Å². The lowest BCUT2D eigenvalue weighted by Gasteiger charge is -2.25. The molecule has 4 atom stereocenters. The zero-order chi connectivity index (χ0) is 12.7. The Bertz CT molecular complexity index is 443.